The van der Waals surface area contributed by atoms with Crippen LogP contribution in [0.5, 0.6) is 0 Å². The van der Waals surface area contributed by atoms with Gasteiger partial charge in [-0.25, -0.2) is 4.39 Å². The standard InChI is InChI=1S/C19H21FIN3/c20-16-5-3-14(4-6-16)15-10-18(12-22-11-15)24-13-19(21)23-8-1-2-17(24)7-9-23/h3-6,10-12,17,19H,1-2,7-9,13H2. The minimum absolute atomic E-state index is 0.203. The van der Waals surface area contributed by atoms with Gasteiger partial charge in [0, 0.05) is 30.9 Å². The van der Waals surface area contributed by atoms with Crippen molar-refractivity contribution in [1.29, 1.82) is 0 Å². The number of hydrogen-bond donors (Lipinski definition) is 0. The van der Waals surface area contributed by atoms with Crippen molar-refractivity contribution >= 4 is 28.3 Å². The molecule has 1 aromatic heterocycles. The molecule has 0 radical (unpaired) electrons. The lowest BCUT2D eigenvalue weighted by Crippen LogP contribution is -2.42. The molecule has 126 valence electrons. The number of rotatable bonds is 2. The van der Waals surface area contributed by atoms with Crippen molar-refractivity contribution in [3.05, 3.63) is 48.5 Å². The van der Waals surface area contributed by atoms with Crippen molar-refractivity contribution in [1.82, 2.24) is 9.88 Å². The second-order valence-corrected chi connectivity index (χ2v) is 8.08. The third-order valence-electron chi connectivity index (χ3n) is 5.15. The maximum Gasteiger partial charge on any atom is 0.123 e. The van der Waals surface area contributed by atoms with Crippen LogP contribution < -0.4 is 4.90 Å². The van der Waals surface area contributed by atoms with E-state index in [9.17, 15) is 4.39 Å². The second kappa shape index (κ2) is 6.96. The van der Waals surface area contributed by atoms with E-state index in [1.807, 2.05) is 24.5 Å². The van der Waals surface area contributed by atoms with E-state index in [-0.39, 0.29) is 5.82 Å². The summed E-state index contributed by atoms with van der Waals surface area (Å²) in [6.45, 7) is 3.46. The molecular weight excluding hydrogens is 416 g/mol. The molecule has 5 heteroatoms. The van der Waals surface area contributed by atoms with Crippen molar-refractivity contribution in [3.8, 4) is 11.1 Å². The molecule has 3 atom stereocenters. The van der Waals surface area contributed by atoms with E-state index in [2.05, 4.69) is 43.4 Å². The van der Waals surface area contributed by atoms with E-state index >= 15 is 0 Å². The summed E-state index contributed by atoms with van der Waals surface area (Å²) >= 11 is 2.58. The molecule has 0 amide bonds. The van der Waals surface area contributed by atoms with Crippen molar-refractivity contribution in [2.75, 3.05) is 24.5 Å². The summed E-state index contributed by atoms with van der Waals surface area (Å²) in [5, 5.41) is 0. The van der Waals surface area contributed by atoms with E-state index in [0.717, 1.165) is 17.7 Å². The Labute approximate surface area is 156 Å². The molecule has 1 aromatic carbocycles. The lowest BCUT2D eigenvalue weighted by atomic mass is 10.0. The zero-order valence-electron chi connectivity index (χ0n) is 13.5. The summed E-state index contributed by atoms with van der Waals surface area (Å²) < 4.78 is 13.7. The third-order valence-corrected chi connectivity index (χ3v) is 6.33. The monoisotopic (exact) mass is 437 g/mol. The van der Waals surface area contributed by atoms with Gasteiger partial charge in [0.2, 0.25) is 0 Å². The molecule has 2 aliphatic rings. The SMILES string of the molecule is Fc1ccc(-c2cncc(N3CC(I)N4CCCC3CC4)c2)cc1. The minimum Gasteiger partial charge on any atom is -0.365 e. The zero-order chi connectivity index (χ0) is 16.5. The van der Waals surface area contributed by atoms with Crippen molar-refractivity contribution in [2.45, 2.75) is 29.4 Å². The molecule has 0 aliphatic carbocycles. The van der Waals surface area contributed by atoms with Gasteiger partial charge in [0.15, 0.2) is 0 Å². The lowest BCUT2D eigenvalue weighted by Gasteiger charge is -2.35. The summed E-state index contributed by atoms with van der Waals surface area (Å²) in [6, 6.07) is 9.46. The van der Waals surface area contributed by atoms with Gasteiger partial charge in [0.05, 0.1) is 15.9 Å². The summed E-state index contributed by atoms with van der Waals surface area (Å²) in [5.41, 5.74) is 3.25. The first-order valence-electron chi connectivity index (χ1n) is 8.56. The third kappa shape index (κ3) is 3.28. The van der Waals surface area contributed by atoms with E-state index in [1.165, 1.54) is 50.2 Å². The molecule has 0 saturated carbocycles. The smallest absolute Gasteiger partial charge is 0.123 e. The number of fused-ring (bicyclic) bond motifs is 3. The Hall–Kier alpha value is -1.21. The molecule has 0 spiro atoms. The van der Waals surface area contributed by atoms with Crippen LogP contribution in [-0.2, 0) is 0 Å². The molecule has 3 nitrogen and oxygen atoms in total. The number of nitrogens with zero attached hydrogens (tertiary/aromatic N) is 3. The van der Waals surface area contributed by atoms with Crippen LogP contribution in [0, 0.1) is 5.82 Å². The molecular formula is C19H21FIN3. The fourth-order valence-electron chi connectivity index (χ4n) is 3.82. The Morgan fingerprint density at radius 1 is 1.04 bits per heavy atom. The molecule has 4 rings (SSSR count). The van der Waals surface area contributed by atoms with E-state index < -0.39 is 0 Å². The molecule has 2 fully saturated rings. The second-order valence-electron chi connectivity index (χ2n) is 6.65. The quantitative estimate of drug-likeness (QED) is 0.396. The maximum atomic E-state index is 13.2. The first-order valence-corrected chi connectivity index (χ1v) is 9.81. The number of anilines is 1. The van der Waals surface area contributed by atoms with E-state index in [0.29, 0.717) is 10.1 Å². The Kier molecular flexibility index (Phi) is 4.72. The van der Waals surface area contributed by atoms with Crippen LogP contribution in [0.15, 0.2) is 42.7 Å². The van der Waals surface area contributed by atoms with Crippen LogP contribution in [0.4, 0.5) is 10.1 Å². The summed E-state index contributed by atoms with van der Waals surface area (Å²) in [6.07, 6.45) is 7.58. The largest absolute Gasteiger partial charge is 0.365 e. The van der Waals surface area contributed by atoms with Crippen molar-refractivity contribution in [3.63, 3.8) is 0 Å². The lowest BCUT2D eigenvalue weighted by molar-refractivity contribution is 0.285. The molecule has 2 aliphatic heterocycles. The normalized spacial score (nSPS) is 26.9. The average Bonchev–Trinajstić information content (AvgIpc) is 2.93. The summed E-state index contributed by atoms with van der Waals surface area (Å²) in [4.78, 5) is 9.62. The average molecular weight is 437 g/mol. The van der Waals surface area contributed by atoms with Gasteiger partial charge in [0.25, 0.3) is 0 Å². The number of alkyl halides is 1. The topological polar surface area (TPSA) is 19.4 Å². The fraction of sp³-hybridized carbons (Fsp3) is 0.421. The highest BCUT2D eigenvalue weighted by molar-refractivity contribution is 14.1. The van der Waals surface area contributed by atoms with Gasteiger partial charge in [-0.05, 0) is 49.6 Å². The first-order chi connectivity index (χ1) is 11.7. The summed E-state index contributed by atoms with van der Waals surface area (Å²) in [5.74, 6) is -0.203. The Bertz CT molecular complexity index is 706. The number of halogens is 2. The summed E-state index contributed by atoms with van der Waals surface area (Å²) in [7, 11) is 0. The predicted octanol–water partition coefficient (Wildman–Crippen LogP) is 4.32. The molecule has 3 unspecified atom stereocenters. The van der Waals surface area contributed by atoms with E-state index in [1.54, 1.807) is 0 Å². The molecule has 3 heterocycles. The Balaban J connectivity index is 1.66. The van der Waals surface area contributed by atoms with Gasteiger partial charge in [-0.2, -0.15) is 0 Å². The van der Waals surface area contributed by atoms with Crippen LogP contribution in [-0.4, -0.2) is 39.6 Å². The predicted molar refractivity (Wildman–Crippen MR) is 104 cm³/mol. The van der Waals surface area contributed by atoms with Crippen molar-refractivity contribution in [2.24, 2.45) is 0 Å². The fourth-order valence-corrected chi connectivity index (χ4v) is 4.80. The number of hydrogen-bond acceptors (Lipinski definition) is 3. The van der Waals surface area contributed by atoms with Crippen LogP contribution >= 0.6 is 22.6 Å². The van der Waals surface area contributed by atoms with Crippen LogP contribution in [0.1, 0.15) is 19.3 Å². The Morgan fingerprint density at radius 2 is 1.88 bits per heavy atom. The number of pyridine rings is 1. The van der Waals surface area contributed by atoms with Crippen LogP contribution in [0.3, 0.4) is 0 Å². The molecule has 2 bridgehead atoms. The van der Waals surface area contributed by atoms with Crippen LogP contribution in [0.2, 0.25) is 0 Å². The van der Waals surface area contributed by atoms with Crippen molar-refractivity contribution < 1.29 is 4.39 Å². The molecule has 2 saturated heterocycles. The number of benzene rings is 1. The van der Waals surface area contributed by atoms with Gasteiger partial charge in [0.1, 0.15) is 5.82 Å². The zero-order valence-corrected chi connectivity index (χ0v) is 15.7. The van der Waals surface area contributed by atoms with Gasteiger partial charge in [-0.1, -0.05) is 34.7 Å². The molecule has 0 N–H and O–H groups in total. The van der Waals surface area contributed by atoms with Gasteiger partial charge >= 0.3 is 0 Å². The highest BCUT2D eigenvalue weighted by atomic mass is 127. The molecule has 24 heavy (non-hydrogen) atoms. The minimum atomic E-state index is -0.203. The maximum absolute atomic E-state index is 13.2. The van der Waals surface area contributed by atoms with Gasteiger partial charge in [-0.15, -0.1) is 0 Å². The first kappa shape index (κ1) is 16.3. The van der Waals surface area contributed by atoms with E-state index in [4.69, 9.17) is 0 Å². The highest BCUT2D eigenvalue weighted by Gasteiger charge is 2.32. The van der Waals surface area contributed by atoms with Gasteiger partial charge < -0.3 is 4.90 Å². The Morgan fingerprint density at radius 3 is 2.71 bits per heavy atom. The molecule has 2 aromatic rings. The van der Waals surface area contributed by atoms with Crippen LogP contribution in [0.25, 0.3) is 11.1 Å². The highest BCUT2D eigenvalue weighted by Crippen LogP contribution is 2.32. The number of aromatic nitrogens is 1. The van der Waals surface area contributed by atoms with Gasteiger partial charge in [-0.3, -0.25) is 9.88 Å².